The van der Waals surface area contributed by atoms with E-state index in [0.717, 1.165) is 37.3 Å². The summed E-state index contributed by atoms with van der Waals surface area (Å²) in [6, 6.07) is 6.17. The Labute approximate surface area is 125 Å². The molecular formula is C17H22N2O2. The number of hydrogen-bond donors (Lipinski definition) is 1. The van der Waals surface area contributed by atoms with Gasteiger partial charge in [0.25, 0.3) is 0 Å². The summed E-state index contributed by atoms with van der Waals surface area (Å²) < 4.78 is 7.31. The molecule has 1 aromatic heterocycles. The first kappa shape index (κ1) is 14.1. The van der Waals surface area contributed by atoms with Gasteiger partial charge < -0.3 is 14.4 Å². The van der Waals surface area contributed by atoms with Gasteiger partial charge in [0.1, 0.15) is 11.6 Å². The Balaban J connectivity index is 1.72. The predicted molar refractivity (Wildman–Crippen MR) is 81.5 cm³/mol. The van der Waals surface area contributed by atoms with E-state index in [9.17, 15) is 5.11 Å². The number of rotatable bonds is 4. The summed E-state index contributed by atoms with van der Waals surface area (Å²) in [6.45, 7) is 0. The van der Waals surface area contributed by atoms with E-state index in [-0.39, 0.29) is 0 Å². The third kappa shape index (κ3) is 2.95. The van der Waals surface area contributed by atoms with Crippen molar-refractivity contribution in [3.05, 3.63) is 47.5 Å². The van der Waals surface area contributed by atoms with Crippen molar-refractivity contribution in [3.63, 3.8) is 0 Å². The van der Waals surface area contributed by atoms with Gasteiger partial charge in [0, 0.05) is 32.3 Å². The normalized spacial score (nSPS) is 21.1. The molecule has 1 aromatic carbocycles. The maximum atomic E-state index is 10.9. The lowest BCUT2D eigenvalue weighted by Gasteiger charge is -2.33. The van der Waals surface area contributed by atoms with Crippen LogP contribution in [0.5, 0.6) is 5.75 Å². The van der Waals surface area contributed by atoms with Crippen molar-refractivity contribution in [2.24, 2.45) is 7.05 Å². The van der Waals surface area contributed by atoms with E-state index < -0.39 is 5.60 Å². The number of fused-ring (bicyclic) bond motifs is 1. The monoisotopic (exact) mass is 286 g/mol. The van der Waals surface area contributed by atoms with E-state index in [1.165, 1.54) is 11.1 Å². The van der Waals surface area contributed by atoms with Gasteiger partial charge in [0.2, 0.25) is 0 Å². The molecule has 3 rings (SSSR count). The molecule has 0 fully saturated rings. The second-order valence-corrected chi connectivity index (χ2v) is 5.99. The molecule has 4 heteroatoms. The highest BCUT2D eigenvalue weighted by atomic mass is 16.5. The molecule has 0 radical (unpaired) electrons. The summed E-state index contributed by atoms with van der Waals surface area (Å²) >= 11 is 0. The fraction of sp³-hybridized carbons (Fsp3) is 0.471. The Bertz CT molecular complexity index is 635. The van der Waals surface area contributed by atoms with Gasteiger partial charge in [-0.15, -0.1) is 0 Å². The molecule has 1 atom stereocenters. The summed E-state index contributed by atoms with van der Waals surface area (Å²) in [4.78, 5) is 4.33. The number of aromatic nitrogens is 2. The number of aryl methyl sites for hydroxylation is 3. The van der Waals surface area contributed by atoms with Crippen molar-refractivity contribution < 1.29 is 9.84 Å². The van der Waals surface area contributed by atoms with Crippen LogP contribution in [0.2, 0.25) is 0 Å². The van der Waals surface area contributed by atoms with Gasteiger partial charge in [0.05, 0.1) is 12.7 Å². The van der Waals surface area contributed by atoms with Crippen LogP contribution in [0.4, 0.5) is 0 Å². The predicted octanol–water partition coefficient (Wildman–Crippen LogP) is 2.28. The number of aliphatic hydroxyl groups is 1. The fourth-order valence-corrected chi connectivity index (χ4v) is 3.14. The zero-order chi connectivity index (χ0) is 14.9. The molecule has 0 saturated heterocycles. The zero-order valence-electron chi connectivity index (χ0n) is 12.7. The number of methoxy groups -OCH3 is 1. The van der Waals surface area contributed by atoms with E-state index >= 15 is 0 Å². The second kappa shape index (κ2) is 5.53. The lowest BCUT2D eigenvalue weighted by molar-refractivity contribution is 0.0175. The molecule has 112 valence electrons. The summed E-state index contributed by atoms with van der Waals surface area (Å²) in [5.41, 5.74) is 1.91. The van der Waals surface area contributed by atoms with Crippen molar-refractivity contribution in [1.82, 2.24) is 9.55 Å². The van der Waals surface area contributed by atoms with Crippen LogP contribution in [-0.4, -0.2) is 27.4 Å². The smallest absolute Gasteiger partial charge is 0.119 e. The number of nitrogens with zero attached hydrogens (tertiary/aromatic N) is 2. The summed E-state index contributed by atoms with van der Waals surface area (Å²) in [7, 11) is 3.67. The van der Waals surface area contributed by atoms with Crippen LogP contribution in [0.25, 0.3) is 0 Å². The maximum Gasteiger partial charge on any atom is 0.119 e. The molecule has 1 aliphatic rings. The van der Waals surface area contributed by atoms with E-state index in [0.29, 0.717) is 6.42 Å². The topological polar surface area (TPSA) is 47.3 Å². The largest absolute Gasteiger partial charge is 0.497 e. The minimum atomic E-state index is -0.634. The zero-order valence-corrected chi connectivity index (χ0v) is 12.7. The van der Waals surface area contributed by atoms with Crippen molar-refractivity contribution >= 4 is 0 Å². The molecule has 0 aliphatic heterocycles. The van der Waals surface area contributed by atoms with Crippen LogP contribution < -0.4 is 4.74 Å². The van der Waals surface area contributed by atoms with Crippen LogP contribution >= 0.6 is 0 Å². The Morgan fingerprint density at radius 1 is 1.38 bits per heavy atom. The van der Waals surface area contributed by atoms with Gasteiger partial charge in [0.15, 0.2) is 0 Å². The first-order valence-electron chi connectivity index (χ1n) is 7.44. The average molecular weight is 286 g/mol. The van der Waals surface area contributed by atoms with Crippen LogP contribution in [0.3, 0.4) is 0 Å². The first-order chi connectivity index (χ1) is 10.1. The van der Waals surface area contributed by atoms with Crippen molar-refractivity contribution in [2.75, 3.05) is 7.11 Å². The minimum Gasteiger partial charge on any atom is -0.497 e. The van der Waals surface area contributed by atoms with Gasteiger partial charge in [-0.25, -0.2) is 4.98 Å². The molecule has 1 aliphatic carbocycles. The summed E-state index contributed by atoms with van der Waals surface area (Å²) in [6.07, 6.45) is 7.74. The van der Waals surface area contributed by atoms with Crippen molar-refractivity contribution in [2.45, 2.75) is 37.7 Å². The summed E-state index contributed by atoms with van der Waals surface area (Å²) in [5.74, 6) is 1.89. The van der Waals surface area contributed by atoms with Gasteiger partial charge in [-0.3, -0.25) is 0 Å². The van der Waals surface area contributed by atoms with E-state index in [1.807, 2.05) is 23.9 Å². The van der Waals surface area contributed by atoms with Gasteiger partial charge in [-0.2, -0.15) is 0 Å². The van der Waals surface area contributed by atoms with Crippen LogP contribution in [-0.2, 0) is 26.3 Å². The Hall–Kier alpha value is -1.81. The quantitative estimate of drug-likeness (QED) is 0.938. The Kier molecular flexibility index (Phi) is 3.72. The first-order valence-corrected chi connectivity index (χ1v) is 7.44. The third-order valence-corrected chi connectivity index (χ3v) is 4.53. The highest BCUT2D eigenvalue weighted by Crippen LogP contribution is 2.33. The fourth-order valence-electron chi connectivity index (χ4n) is 3.14. The Morgan fingerprint density at radius 2 is 2.24 bits per heavy atom. The van der Waals surface area contributed by atoms with Gasteiger partial charge in [-0.05, 0) is 42.5 Å². The Morgan fingerprint density at radius 3 is 2.95 bits per heavy atom. The standard InChI is InChI=1S/C17H22N2O2/c1-19-10-9-18-16(19)6-8-17(20)7-5-13-3-4-15(21-2)11-14(13)12-17/h3-4,9-11,20H,5-8,12H2,1-2H3. The average Bonchev–Trinajstić information content (AvgIpc) is 2.90. The molecule has 1 unspecified atom stereocenters. The van der Waals surface area contributed by atoms with Gasteiger partial charge in [-0.1, -0.05) is 6.07 Å². The van der Waals surface area contributed by atoms with E-state index in [2.05, 4.69) is 17.1 Å². The number of ether oxygens (including phenoxy) is 1. The minimum absolute atomic E-state index is 0.634. The maximum absolute atomic E-state index is 10.9. The highest BCUT2D eigenvalue weighted by molar-refractivity contribution is 5.38. The van der Waals surface area contributed by atoms with E-state index in [4.69, 9.17) is 4.74 Å². The molecule has 0 amide bonds. The molecule has 1 heterocycles. The molecule has 0 saturated carbocycles. The molecule has 21 heavy (non-hydrogen) atoms. The van der Waals surface area contributed by atoms with Crippen molar-refractivity contribution in [1.29, 1.82) is 0 Å². The number of benzene rings is 1. The molecular weight excluding hydrogens is 264 g/mol. The molecule has 0 bridgehead atoms. The van der Waals surface area contributed by atoms with Crippen LogP contribution in [0, 0.1) is 0 Å². The molecule has 4 nitrogen and oxygen atoms in total. The third-order valence-electron chi connectivity index (χ3n) is 4.53. The number of imidazole rings is 1. The van der Waals surface area contributed by atoms with Crippen molar-refractivity contribution in [3.8, 4) is 5.75 Å². The summed E-state index contributed by atoms with van der Waals surface area (Å²) in [5, 5.41) is 10.9. The van der Waals surface area contributed by atoms with Gasteiger partial charge >= 0.3 is 0 Å². The molecule has 0 spiro atoms. The lowest BCUT2D eigenvalue weighted by atomic mass is 9.78. The van der Waals surface area contributed by atoms with Crippen LogP contribution in [0.1, 0.15) is 29.8 Å². The second-order valence-electron chi connectivity index (χ2n) is 5.99. The lowest BCUT2D eigenvalue weighted by Crippen LogP contribution is -2.36. The SMILES string of the molecule is COc1ccc2c(c1)CC(O)(CCc1nccn1C)CC2. The number of hydrogen-bond acceptors (Lipinski definition) is 3. The molecule has 2 aromatic rings. The van der Waals surface area contributed by atoms with Crippen LogP contribution in [0.15, 0.2) is 30.6 Å². The molecule has 1 N–H and O–H groups in total. The highest BCUT2D eigenvalue weighted by Gasteiger charge is 2.32. The van der Waals surface area contributed by atoms with E-state index in [1.54, 1.807) is 13.3 Å².